The minimum atomic E-state index is 0. The molecule has 1 heterocycles. The number of nitrogens with one attached hydrogen (secondary N) is 2. The molecule has 1 aromatic carbocycles. The van der Waals surface area contributed by atoms with E-state index < -0.39 is 0 Å². The van der Waals surface area contributed by atoms with Crippen molar-refractivity contribution < 1.29 is 9.53 Å². The number of hydrogen-bond donors (Lipinski definition) is 2. The van der Waals surface area contributed by atoms with E-state index in [0.717, 1.165) is 37.4 Å². The Hall–Kier alpha value is -1.26. The van der Waals surface area contributed by atoms with Gasteiger partial charge >= 0.3 is 0 Å². The predicted molar refractivity (Wildman–Crippen MR) is 91.6 cm³/mol. The normalized spacial score (nSPS) is 16.9. The summed E-state index contributed by atoms with van der Waals surface area (Å²) in [4.78, 5) is 12.2. The maximum Gasteiger partial charge on any atom is 0.223 e. The summed E-state index contributed by atoms with van der Waals surface area (Å²) in [6.07, 6.45) is 1.00. The lowest BCUT2D eigenvalue weighted by atomic mass is 9.88. The fourth-order valence-electron chi connectivity index (χ4n) is 2.38. The molecule has 124 valence electrons. The molecule has 1 aliphatic heterocycles. The van der Waals surface area contributed by atoms with Gasteiger partial charge in [-0.25, -0.2) is 0 Å². The van der Waals surface area contributed by atoms with Crippen LogP contribution in [-0.4, -0.2) is 25.6 Å². The summed E-state index contributed by atoms with van der Waals surface area (Å²) in [5.41, 5.74) is 1.10. The first-order valence-electron chi connectivity index (χ1n) is 7.85. The molecular weight excluding hydrogens is 300 g/mol. The fraction of sp³-hybridized carbons (Fsp3) is 0.588. The first-order chi connectivity index (χ1) is 10.1. The summed E-state index contributed by atoms with van der Waals surface area (Å²) in [5, 5.41) is 6.31. The van der Waals surface area contributed by atoms with Crippen molar-refractivity contribution in [2.45, 2.75) is 33.2 Å². The molecular formula is C17H27ClN2O2. The molecule has 2 N–H and O–H groups in total. The molecule has 1 saturated heterocycles. The van der Waals surface area contributed by atoms with E-state index in [-0.39, 0.29) is 30.3 Å². The van der Waals surface area contributed by atoms with Crippen molar-refractivity contribution in [3.63, 3.8) is 0 Å². The number of benzene rings is 1. The molecule has 0 aliphatic carbocycles. The van der Waals surface area contributed by atoms with Crippen molar-refractivity contribution in [3.05, 3.63) is 29.8 Å². The highest BCUT2D eigenvalue weighted by molar-refractivity contribution is 5.85. The second-order valence-electron chi connectivity index (χ2n) is 5.85. The van der Waals surface area contributed by atoms with Gasteiger partial charge in [-0.3, -0.25) is 4.79 Å². The first kappa shape index (κ1) is 18.8. The summed E-state index contributed by atoms with van der Waals surface area (Å²) in [6.45, 7) is 8.75. The highest BCUT2D eigenvalue weighted by Gasteiger charge is 2.29. The highest BCUT2D eigenvalue weighted by Crippen LogP contribution is 2.20. The molecule has 2 rings (SSSR count). The molecule has 1 fully saturated rings. The number of halogens is 1. The van der Waals surface area contributed by atoms with E-state index in [1.807, 2.05) is 38.1 Å². The minimum Gasteiger partial charge on any atom is -0.494 e. The Morgan fingerprint density at radius 3 is 2.45 bits per heavy atom. The third-order valence-electron chi connectivity index (χ3n) is 4.15. The lowest BCUT2D eigenvalue weighted by Gasteiger charge is -2.32. The van der Waals surface area contributed by atoms with Gasteiger partial charge in [-0.2, -0.15) is 0 Å². The number of hydrogen-bond acceptors (Lipinski definition) is 3. The molecule has 1 amide bonds. The molecule has 22 heavy (non-hydrogen) atoms. The Kier molecular flexibility index (Phi) is 7.69. The van der Waals surface area contributed by atoms with Crippen molar-refractivity contribution >= 4 is 18.3 Å². The van der Waals surface area contributed by atoms with Gasteiger partial charge in [0.05, 0.1) is 12.6 Å². The molecule has 2 unspecified atom stereocenters. The van der Waals surface area contributed by atoms with Crippen LogP contribution >= 0.6 is 12.4 Å². The molecule has 2 atom stereocenters. The van der Waals surface area contributed by atoms with Crippen LogP contribution in [0.25, 0.3) is 0 Å². The van der Waals surface area contributed by atoms with E-state index in [0.29, 0.717) is 5.92 Å². The van der Waals surface area contributed by atoms with E-state index in [9.17, 15) is 4.79 Å². The molecule has 0 aromatic heterocycles. The number of rotatable bonds is 7. The summed E-state index contributed by atoms with van der Waals surface area (Å²) in [6, 6.07) is 7.99. The van der Waals surface area contributed by atoms with E-state index in [1.165, 1.54) is 0 Å². The van der Waals surface area contributed by atoms with E-state index in [4.69, 9.17) is 4.74 Å². The third-order valence-corrected chi connectivity index (χ3v) is 4.15. The van der Waals surface area contributed by atoms with Crippen LogP contribution < -0.4 is 15.4 Å². The third kappa shape index (κ3) is 4.89. The second-order valence-corrected chi connectivity index (χ2v) is 5.85. The quantitative estimate of drug-likeness (QED) is 0.810. The topological polar surface area (TPSA) is 50.4 Å². The number of carbonyl (C=O) groups excluding carboxylic acids is 1. The zero-order chi connectivity index (χ0) is 15.2. The Labute approximate surface area is 139 Å². The zero-order valence-electron chi connectivity index (χ0n) is 13.6. The Bertz CT molecular complexity index is 460. The summed E-state index contributed by atoms with van der Waals surface area (Å²) >= 11 is 0. The molecule has 1 aliphatic rings. The monoisotopic (exact) mass is 326 g/mol. The standard InChI is InChI=1S/C17H26N2O2.ClH/c1-4-9-21-16-7-5-14(6-8-16)13(3)19-17(20)12(2)15-10-18-11-15;/h5-8,12-13,15,18H,4,9-11H2,1-3H3,(H,19,20);1H. The van der Waals surface area contributed by atoms with Crippen LogP contribution in [0, 0.1) is 11.8 Å². The van der Waals surface area contributed by atoms with Gasteiger partial charge in [0.1, 0.15) is 5.75 Å². The van der Waals surface area contributed by atoms with E-state index in [1.54, 1.807) is 0 Å². The largest absolute Gasteiger partial charge is 0.494 e. The zero-order valence-corrected chi connectivity index (χ0v) is 14.4. The van der Waals surface area contributed by atoms with Crippen molar-refractivity contribution in [3.8, 4) is 5.75 Å². The average molecular weight is 327 g/mol. The molecule has 5 heteroatoms. The van der Waals surface area contributed by atoms with E-state index in [2.05, 4.69) is 17.6 Å². The van der Waals surface area contributed by atoms with Crippen LogP contribution in [0.5, 0.6) is 5.75 Å². The van der Waals surface area contributed by atoms with Gasteiger partial charge in [0.25, 0.3) is 0 Å². The number of carbonyl (C=O) groups is 1. The fourth-order valence-corrected chi connectivity index (χ4v) is 2.38. The predicted octanol–water partition coefficient (Wildman–Crippen LogP) is 2.93. The van der Waals surface area contributed by atoms with Crippen LogP contribution in [0.1, 0.15) is 38.8 Å². The lowest BCUT2D eigenvalue weighted by Crippen LogP contribution is -2.49. The van der Waals surface area contributed by atoms with Crippen LogP contribution in [0.2, 0.25) is 0 Å². The highest BCUT2D eigenvalue weighted by atomic mass is 35.5. The summed E-state index contributed by atoms with van der Waals surface area (Å²) < 4.78 is 5.57. The minimum absolute atomic E-state index is 0. The van der Waals surface area contributed by atoms with Gasteiger partial charge in [0, 0.05) is 5.92 Å². The first-order valence-corrected chi connectivity index (χ1v) is 7.85. The molecule has 0 spiro atoms. The second kappa shape index (κ2) is 9.01. The maximum atomic E-state index is 12.2. The van der Waals surface area contributed by atoms with Gasteiger partial charge in [0.15, 0.2) is 0 Å². The van der Waals surface area contributed by atoms with Crippen molar-refractivity contribution in [2.24, 2.45) is 11.8 Å². The van der Waals surface area contributed by atoms with Crippen molar-refractivity contribution in [2.75, 3.05) is 19.7 Å². The molecule has 0 bridgehead atoms. The van der Waals surface area contributed by atoms with Crippen LogP contribution in [0.3, 0.4) is 0 Å². The Morgan fingerprint density at radius 2 is 1.95 bits per heavy atom. The number of ether oxygens (including phenoxy) is 1. The number of amides is 1. The molecule has 1 aromatic rings. The van der Waals surface area contributed by atoms with Gasteiger partial charge in [-0.15, -0.1) is 12.4 Å². The average Bonchev–Trinajstić information content (AvgIpc) is 2.43. The van der Waals surface area contributed by atoms with E-state index >= 15 is 0 Å². The van der Waals surface area contributed by atoms with Crippen molar-refractivity contribution in [1.29, 1.82) is 0 Å². The van der Waals surface area contributed by atoms with Crippen LogP contribution in [-0.2, 0) is 4.79 Å². The SMILES string of the molecule is CCCOc1ccc(C(C)NC(=O)C(C)C2CNC2)cc1.Cl. The Balaban J connectivity index is 0.00000242. The lowest BCUT2D eigenvalue weighted by molar-refractivity contribution is -0.127. The summed E-state index contributed by atoms with van der Waals surface area (Å²) in [5.74, 6) is 1.57. The maximum absolute atomic E-state index is 12.2. The van der Waals surface area contributed by atoms with Crippen LogP contribution in [0.4, 0.5) is 0 Å². The van der Waals surface area contributed by atoms with Crippen LogP contribution in [0.15, 0.2) is 24.3 Å². The van der Waals surface area contributed by atoms with Gasteiger partial charge < -0.3 is 15.4 Å². The van der Waals surface area contributed by atoms with Gasteiger partial charge in [0.2, 0.25) is 5.91 Å². The molecule has 4 nitrogen and oxygen atoms in total. The summed E-state index contributed by atoms with van der Waals surface area (Å²) in [7, 11) is 0. The molecule has 0 saturated carbocycles. The van der Waals surface area contributed by atoms with Gasteiger partial charge in [-0.1, -0.05) is 26.0 Å². The van der Waals surface area contributed by atoms with Crippen molar-refractivity contribution in [1.82, 2.24) is 10.6 Å². The van der Waals surface area contributed by atoms with Gasteiger partial charge in [-0.05, 0) is 50.0 Å². The smallest absolute Gasteiger partial charge is 0.223 e. The molecule has 0 radical (unpaired) electrons. The Morgan fingerprint density at radius 1 is 1.32 bits per heavy atom.